The van der Waals surface area contributed by atoms with Crippen LogP contribution in [-0.2, 0) is 4.79 Å². The van der Waals surface area contributed by atoms with Crippen molar-refractivity contribution in [1.29, 1.82) is 0 Å². The number of benzene rings is 2. The third kappa shape index (κ3) is 4.21. The van der Waals surface area contributed by atoms with Crippen molar-refractivity contribution in [3.8, 4) is 5.75 Å². The Kier molecular flexibility index (Phi) is 5.54. The molecule has 2 N–H and O–H groups in total. The normalized spacial score (nSPS) is 15.0. The molecule has 0 fully saturated rings. The summed E-state index contributed by atoms with van der Waals surface area (Å²) >= 11 is 0. The lowest BCUT2D eigenvalue weighted by atomic mass is 9.93. The fraction of sp³-hybridized carbons (Fsp3) is 0.238. The first-order valence-corrected chi connectivity index (χ1v) is 8.94. The summed E-state index contributed by atoms with van der Waals surface area (Å²) in [5.74, 6) is -1.44. The van der Waals surface area contributed by atoms with E-state index >= 15 is 0 Å². The van der Waals surface area contributed by atoms with Crippen molar-refractivity contribution < 1.29 is 23.1 Å². The number of hydrogen-bond donors (Lipinski definition) is 2. The maximum absolute atomic E-state index is 13.7. The molecule has 0 bridgehead atoms. The number of anilines is 3. The third-order valence-corrected chi connectivity index (χ3v) is 4.43. The van der Waals surface area contributed by atoms with Gasteiger partial charge in [0.2, 0.25) is 5.91 Å². The second-order valence-corrected chi connectivity index (χ2v) is 7.24. The summed E-state index contributed by atoms with van der Waals surface area (Å²) in [6, 6.07) is 7.22. The summed E-state index contributed by atoms with van der Waals surface area (Å²) in [4.78, 5) is 26.6. The summed E-state index contributed by atoms with van der Waals surface area (Å²) in [5.41, 5.74) is -0.498. The molecule has 0 saturated carbocycles. The lowest BCUT2D eigenvalue weighted by Crippen LogP contribution is -2.42. The van der Waals surface area contributed by atoms with Gasteiger partial charge in [0, 0.05) is 12.2 Å². The Labute approximate surface area is 167 Å². The Morgan fingerprint density at radius 3 is 2.59 bits per heavy atom. The fourth-order valence-electron chi connectivity index (χ4n) is 2.93. The summed E-state index contributed by atoms with van der Waals surface area (Å²) in [5, 5.41) is 4.66. The zero-order valence-electron chi connectivity index (χ0n) is 16.1. The predicted octanol–water partition coefficient (Wildman–Crippen LogP) is 4.55. The molecule has 1 heterocycles. The predicted molar refractivity (Wildman–Crippen MR) is 107 cm³/mol. The van der Waals surface area contributed by atoms with Gasteiger partial charge in [-0.3, -0.25) is 4.79 Å². The van der Waals surface area contributed by atoms with Gasteiger partial charge in [-0.1, -0.05) is 12.1 Å². The number of amides is 3. The van der Waals surface area contributed by atoms with Gasteiger partial charge in [-0.05, 0) is 44.2 Å². The van der Waals surface area contributed by atoms with E-state index in [1.54, 1.807) is 38.1 Å². The highest BCUT2D eigenvalue weighted by Gasteiger charge is 2.37. The molecule has 1 aliphatic heterocycles. The lowest BCUT2D eigenvalue weighted by molar-refractivity contribution is -0.127. The van der Waals surface area contributed by atoms with Crippen molar-refractivity contribution in [2.45, 2.75) is 13.8 Å². The number of carbonyl (C=O) groups excluding carboxylic acids is 2. The van der Waals surface area contributed by atoms with Crippen LogP contribution >= 0.6 is 0 Å². The molecule has 0 aromatic heterocycles. The number of ether oxygens (including phenoxy) is 1. The molecule has 0 radical (unpaired) electrons. The molecule has 1 aliphatic rings. The fourth-order valence-corrected chi connectivity index (χ4v) is 2.93. The van der Waals surface area contributed by atoms with E-state index < -0.39 is 28.8 Å². The van der Waals surface area contributed by atoms with Crippen LogP contribution in [0.5, 0.6) is 5.75 Å². The van der Waals surface area contributed by atoms with Gasteiger partial charge in [0.1, 0.15) is 29.7 Å². The van der Waals surface area contributed by atoms with E-state index in [-0.39, 0.29) is 19.1 Å². The van der Waals surface area contributed by atoms with Gasteiger partial charge in [0.15, 0.2) is 0 Å². The van der Waals surface area contributed by atoms with Crippen molar-refractivity contribution in [2.75, 3.05) is 28.7 Å². The largest absolute Gasteiger partial charge is 0.490 e. The summed E-state index contributed by atoms with van der Waals surface area (Å²) in [6.07, 6.45) is 1.59. The van der Waals surface area contributed by atoms with Crippen LogP contribution in [0.25, 0.3) is 0 Å². The van der Waals surface area contributed by atoms with Gasteiger partial charge < -0.3 is 20.3 Å². The highest BCUT2D eigenvalue weighted by Crippen LogP contribution is 2.38. The molecule has 0 atom stereocenters. The average molecular weight is 401 g/mol. The van der Waals surface area contributed by atoms with Crippen LogP contribution in [0.3, 0.4) is 0 Å². The van der Waals surface area contributed by atoms with Gasteiger partial charge >= 0.3 is 6.03 Å². The molecule has 6 nitrogen and oxygen atoms in total. The molecule has 29 heavy (non-hydrogen) atoms. The van der Waals surface area contributed by atoms with Crippen LogP contribution in [0.4, 0.5) is 30.6 Å². The van der Waals surface area contributed by atoms with Crippen LogP contribution in [0.1, 0.15) is 13.8 Å². The van der Waals surface area contributed by atoms with Gasteiger partial charge in [-0.2, -0.15) is 0 Å². The minimum atomic E-state index is -0.888. The first kappa shape index (κ1) is 20.3. The van der Waals surface area contributed by atoms with Gasteiger partial charge in [-0.25, -0.2) is 13.6 Å². The maximum Gasteiger partial charge on any atom is 0.323 e. The Balaban J connectivity index is 1.86. The molecule has 0 saturated heterocycles. The minimum Gasteiger partial charge on any atom is -0.490 e. The Bertz CT molecular complexity index is 955. The molecule has 8 heteroatoms. The van der Waals surface area contributed by atoms with E-state index in [0.29, 0.717) is 17.1 Å². The van der Waals surface area contributed by atoms with Crippen molar-refractivity contribution in [3.05, 3.63) is 60.7 Å². The number of halogens is 2. The van der Waals surface area contributed by atoms with E-state index in [4.69, 9.17) is 4.74 Å². The minimum absolute atomic E-state index is 0.147. The number of rotatable bonds is 4. The maximum atomic E-state index is 13.7. The highest BCUT2D eigenvalue weighted by molar-refractivity contribution is 6.02. The number of hydrogen-bond acceptors (Lipinski definition) is 3. The van der Waals surface area contributed by atoms with Crippen molar-refractivity contribution >= 4 is 29.0 Å². The van der Waals surface area contributed by atoms with Crippen molar-refractivity contribution in [3.63, 3.8) is 0 Å². The Hall–Kier alpha value is -3.42. The molecular weight excluding hydrogens is 380 g/mol. The van der Waals surface area contributed by atoms with Crippen LogP contribution in [-0.4, -0.2) is 25.1 Å². The summed E-state index contributed by atoms with van der Waals surface area (Å²) in [6.45, 7) is 7.72. The summed E-state index contributed by atoms with van der Waals surface area (Å²) < 4.78 is 33.2. The van der Waals surface area contributed by atoms with E-state index in [1.807, 2.05) is 0 Å². The Morgan fingerprint density at radius 2 is 1.93 bits per heavy atom. The second kappa shape index (κ2) is 7.90. The van der Waals surface area contributed by atoms with Gasteiger partial charge in [0.25, 0.3) is 0 Å². The van der Waals surface area contributed by atoms with E-state index in [9.17, 15) is 18.4 Å². The number of nitrogens with zero attached hydrogens (tertiary/aromatic N) is 1. The number of para-hydroxylation sites is 1. The topological polar surface area (TPSA) is 70.7 Å². The monoisotopic (exact) mass is 401 g/mol. The van der Waals surface area contributed by atoms with Crippen molar-refractivity contribution in [1.82, 2.24) is 0 Å². The molecule has 2 aromatic carbocycles. The molecule has 0 spiro atoms. The number of carbonyl (C=O) groups is 2. The first-order valence-electron chi connectivity index (χ1n) is 8.94. The van der Waals surface area contributed by atoms with E-state index in [2.05, 4.69) is 17.2 Å². The zero-order valence-corrected chi connectivity index (χ0v) is 16.1. The summed E-state index contributed by atoms with van der Waals surface area (Å²) in [7, 11) is 0. The molecule has 0 aliphatic carbocycles. The molecule has 3 amide bonds. The second-order valence-electron chi connectivity index (χ2n) is 7.24. The van der Waals surface area contributed by atoms with Gasteiger partial charge in [0.05, 0.1) is 11.1 Å². The molecule has 3 rings (SSSR count). The van der Waals surface area contributed by atoms with Crippen LogP contribution in [0, 0.1) is 17.0 Å². The Morgan fingerprint density at radius 1 is 1.24 bits per heavy atom. The third-order valence-electron chi connectivity index (χ3n) is 4.43. The highest BCUT2D eigenvalue weighted by atomic mass is 19.1. The zero-order chi connectivity index (χ0) is 21.2. The van der Waals surface area contributed by atoms with Gasteiger partial charge in [-0.15, -0.1) is 6.58 Å². The van der Waals surface area contributed by atoms with Crippen LogP contribution in [0.2, 0.25) is 0 Å². The number of urea groups is 1. The first-order chi connectivity index (χ1) is 13.7. The number of nitrogens with one attached hydrogen (secondary N) is 2. The van der Waals surface area contributed by atoms with Crippen LogP contribution < -0.4 is 20.3 Å². The molecule has 152 valence electrons. The number of fused-ring (bicyclic) bond motifs is 1. The van der Waals surface area contributed by atoms with Crippen molar-refractivity contribution in [2.24, 2.45) is 5.41 Å². The lowest BCUT2D eigenvalue weighted by Gasteiger charge is -2.27. The molecule has 2 aromatic rings. The smallest absolute Gasteiger partial charge is 0.323 e. The average Bonchev–Trinajstić information content (AvgIpc) is 2.75. The standard InChI is InChI=1S/C21H21F2N3O3/c1-4-10-26-16-11-13(8-9-17(16)29-12-21(2,3)19(26)27)24-20(28)25-18-14(22)6-5-7-15(18)23/h4-9,11H,1,10,12H2,2-3H3,(H2,24,25,28). The van der Waals surface area contributed by atoms with E-state index in [0.717, 1.165) is 12.1 Å². The molecule has 0 unspecified atom stereocenters. The quantitative estimate of drug-likeness (QED) is 0.739. The molecular formula is C21H21F2N3O3. The SMILES string of the molecule is C=CCN1C(=O)C(C)(C)COc2ccc(NC(=O)Nc3c(F)cccc3F)cc21. The van der Waals surface area contributed by atoms with E-state index in [1.165, 1.54) is 11.0 Å². The van der Waals surface area contributed by atoms with Crippen LogP contribution in [0.15, 0.2) is 49.1 Å².